The van der Waals surface area contributed by atoms with Gasteiger partial charge in [0, 0.05) is 42.8 Å². The molecule has 2 heterocycles. The van der Waals surface area contributed by atoms with Gasteiger partial charge in [-0.2, -0.15) is 0 Å². The molecule has 7 nitrogen and oxygen atoms in total. The molecule has 0 N–H and O–H groups in total. The van der Waals surface area contributed by atoms with Crippen LogP contribution in [0.3, 0.4) is 0 Å². The third-order valence-electron chi connectivity index (χ3n) is 6.28. The van der Waals surface area contributed by atoms with Gasteiger partial charge in [0.05, 0.1) is 26.8 Å². The molecule has 3 aromatic carbocycles. The van der Waals surface area contributed by atoms with Gasteiger partial charge in [0.15, 0.2) is 17.3 Å². The van der Waals surface area contributed by atoms with Crippen molar-refractivity contribution in [3.05, 3.63) is 66.5 Å². The summed E-state index contributed by atoms with van der Waals surface area (Å²) in [5.74, 6) is 2.87. The van der Waals surface area contributed by atoms with Gasteiger partial charge in [-0.1, -0.05) is 12.1 Å². The van der Waals surface area contributed by atoms with Crippen molar-refractivity contribution in [2.75, 3.05) is 57.3 Å². The van der Waals surface area contributed by atoms with Gasteiger partial charge in [-0.15, -0.1) is 0 Å². The van der Waals surface area contributed by atoms with Crippen molar-refractivity contribution in [1.29, 1.82) is 0 Å². The number of ether oxygens (including phenoxy) is 3. The normalized spacial score (nSPS) is 13.7. The topological polar surface area (TPSA) is 60.0 Å². The van der Waals surface area contributed by atoms with E-state index in [1.54, 1.807) is 21.3 Å². The third-order valence-corrected chi connectivity index (χ3v) is 6.28. The average Bonchev–Trinajstić information content (AvgIpc) is 2.92. The Morgan fingerprint density at radius 3 is 2.00 bits per heavy atom. The van der Waals surface area contributed by atoms with Gasteiger partial charge in [0.2, 0.25) is 5.75 Å². The van der Waals surface area contributed by atoms with Crippen molar-refractivity contribution in [1.82, 2.24) is 9.97 Å². The van der Waals surface area contributed by atoms with E-state index in [-0.39, 0.29) is 5.82 Å². The monoisotopic (exact) mass is 474 g/mol. The fraction of sp³-hybridized carbons (Fsp3) is 0.259. The van der Waals surface area contributed by atoms with Gasteiger partial charge in [-0.05, 0) is 48.5 Å². The Labute approximate surface area is 203 Å². The molecule has 0 spiro atoms. The number of rotatable bonds is 6. The van der Waals surface area contributed by atoms with Crippen molar-refractivity contribution in [3.63, 3.8) is 0 Å². The second kappa shape index (κ2) is 9.66. The van der Waals surface area contributed by atoms with Gasteiger partial charge in [0.25, 0.3) is 0 Å². The van der Waals surface area contributed by atoms with Gasteiger partial charge in [-0.3, -0.25) is 0 Å². The Morgan fingerprint density at radius 1 is 0.743 bits per heavy atom. The number of hydrogen-bond donors (Lipinski definition) is 0. The Bertz CT molecular complexity index is 1310. The molecule has 0 bridgehead atoms. The lowest BCUT2D eigenvalue weighted by Crippen LogP contribution is -2.47. The zero-order valence-corrected chi connectivity index (χ0v) is 20.0. The van der Waals surface area contributed by atoms with E-state index in [9.17, 15) is 4.39 Å². The van der Waals surface area contributed by atoms with E-state index in [0.29, 0.717) is 23.1 Å². The summed E-state index contributed by atoms with van der Waals surface area (Å²) < 4.78 is 29.9. The number of nitrogens with zero attached hydrogens (tertiary/aromatic N) is 4. The summed E-state index contributed by atoms with van der Waals surface area (Å²) in [4.78, 5) is 14.4. The molecule has 1 fully saturated rings. The molecule has 0 amide bonds. The molecule has 0 aliphatic carbocycles. The smallest absolute Gasteiger partial charge is 0.203 e. The highest BCUT2D eigenvalue weighted by Gasteiger charge is 2.22. The number of aromatic nitrogens is 2. The first-order valence-electron chi connectivity index (χ1n) is 11.4. The van der Waals surface area contributed by atoms with Crippen LogP contribution in [0.5, 0.6) is 17.2 Å². The Hall–Kier alpha value is -4.07. The largest absolute Gasteiger partial charge is 0.493 e. The molecule has 180 valence electrons. The predicted octanol–water partition coefficient (Wildman–Crippen LogP) is 4.79. The van der Waals surface area contributed by atoms with Gasteiger partial charge in [-0.25, -0.2) is 14.4 Å². The predicted molar refractivity (Wildman–Crippen MR) is 135 cm³/mol. The van der Waals surface area contributed by atoms with Crippen molar-refractivity contribution in [2.45, 2.75) is 0 Å². The second-order valence-electron chi connectivity index (χ2n) is 8.25. The van der Waals surface area contributed by atoms with Crippen molar-refractivity contribution in [2.24, 2.45) is 0 Å². The van der Waals surface area contributed by atoms with Gasteiger partial charge in [0.1, 0.15) is 11.6 Å². The maximum atomic E-state index is 13.3. The maximum Gasteiger partial charge on any atom is 0.203 e. The average molecular weight is 475 g/mol. The van der Waals surface area contributed by atoms with Crippen LogP contribution in [-0.2, 0) is 0 Å². The highest BCUT2D eigenvalue weighted by molar-refractivity contribution is 5.91. The minimum Gasteiger partial charge on any atom is -0.493 e. The lowest BCUT2D eigenvalue weighted by Gasteiger charge is -2.37. The quantitative estimate of drug-likeness (QED) is 0.398. The fourth-order valence-corrected chi connectivity index (χ4v) is 4.47. The number of piperazine rings is 1. The SMILES string of the molecule is COc1cc(-c2nc(N3CCN(c4ccc(F)cc4)CC3)c3ccccc3n2)cc(OC)c1OC. The number of methoxy groups -OCH3 is 3. The number of hydrogen-bond acceptors (Lipinski definition) is 7. The van der Waals surface area contributed by atoms with E-state index in [4.69, 9.17) is 24.2 Å². The summed E-state index contributed by atoms with van der Waals surface area (Å²) in [6, 6.07) is 18.4. The van der Waals surface area contributed by atoms with Crippen LogP contribution in [0.2, 0.25) is 0 Å². The van der Waals surface area contributed by atoms with E-state index < -0.39 is 0 Å². The van der Waals surface area contributed by atoms with Crippen LogP contribution in [0.15, 0.2) is 60.7 Å². The van der Waals surface area contributed by atoms with Crippen LogP contribution < -0.4 is 24.0 Å². The first-order valence-corrected chi connectivity index (χ1v) is 11.4. The first kappa shape index (κ1) is 22.7. The van der Waals surface area contributed by atoms with Crippen molar-refractivity contribution in [3.8, 4) is 28.6 Å². The Morgan fingerprint density at radius 2 is 1.37 bits per heavy atom. The molecule has 0 radical (unpaired) electrons. The lowest BCUT2D eigenvalue weighted by molar-refractivity contribution is 0.324. The molecule has 8 heteroatoms. The number of para-hydroxylation sites is 1. The highest BCUT2D eigenvalue weighted by Crippen LogP contribution is 2.41. The molecule has 0 atom stereocenters. The number of anilines is 2. The molecule has 1 aliphatic heterocycles. The van der Waals surface area contributed by atoms with Crippen molar-refractivity contribution < 1.29 is 18.6 Å². The zero-order valence-electron chi connectivity index (χ0n) is 20.0. The third kappa shape index (κ3) is 4.39. The molecule has 0 saturated carbocycles. The number of benzene rings is 3. The molecule has 1 saturated heterocycles. The number of halogens is 1. The first-order chi connectivity index (χ1) is 17.1. The van der Waals surface area contributed by atoms with E-state index in [2.05, 4.69) is 15.9 Å². The van der Waals surface area contributed by atoms with Gasteiger partial charge < -0.3 is 24.0 Å². The minimum absolute atomic E-state index is 0.223. The summed E-state index contributed by atoms with van der Waals surface area (Å²) in [6.07, 6.45) is 0. The van der Waals surface area contributed by atoms with Crippen molar-refractivity contribution >= 4 is 22.4 Å². The minimum atomic E-state index is -0.223. The lowest BCUT2D eigenvalue weighted by atomic mass is 10.1. The van der Waals surface area contributed by atoms with Crippen LogP contribution in [0.4, 0.5) is 15.9 Å². The summed E-state index contributed by atoms with van der Waals surface area (Å²) in [7, 11) is 4.76. The van der Waals surface area contributed by atoms with Crippen LogP contribution in [0, 0.1) is 5.82 Å². The van der Waals surface area contributed by atoms with Gasteiger partial charge >= 0.3 is 0 Å². The second-order valence-corrected chi connectivity index (χ2v) is 8.25. The maximum absolute atomic E-state index is 13.3. The van der Waals surface area contributed by atoms with Crippen LogP contribution in [0.1, 0.15) is 0 Å². The Balaban J connectivity index is 1.51. The Kier molecular flexibility index (Phi) is 6.27. The van der Waals surface area contributed by atoms with E-state index in [0.717, 1.165) is 54.2 Å². The fourth-order valence-electron chi connectivity index (χ4n) is 4.47. The number of fused-ring (bicyclic) bond motifs is 1. The molecule has 0 unspecified atom stereocenters. The van der Waals surface area contributed by atoms with E-state index in [1.165, 1.54) is 12.1 Å². The van der Waals surface area contributed by atoms with Crippen LogP contribution in [-0.4, -0.2) is 57.5 Å². The van der Waals surface area contributed by atoms with E-state index in [1.807, 2.05) is 42.5 Å². The van der Waals surface area contributed by atoms with Crippen LogP contribution >= 0.6 is 0 Å². The van der Waals surface area contributed by atoms with Crippen LogP contribution in [0.25, 0.3) is 22.3 Å². The summed E-state index contributed by atoms with van der Waals surface area (Å²) in [6.45, 7) is 3.19. The highest BCUT2D eigenvalue weighted by atomic mass is 19.1. The summed E-state index contributed by atoms with van der Waals surface area (Å²) in [5, 5.41) is 0.999. The zero-order chi connectivity index (χ0) is 24.4. The molecular formula is C27H27FN4O3. The molecule has 1 aromatic heterocycles. The molecule has 5 rings (SSSR count). The molecular weight excluding hydrogens is 447 g/mol. The molecule has 1 aliphatic rings. The van der Waals surface area contributed by atoms with E-state index >= 15 is 0 Å². The standard InChI is InChI=1S/C27H27FN4O3/c1-33-23-16-18(17-24(34-2)25(23)35-3)26-29-22-7-5-4-6-21(22)27(30-26)32-14-12-31(13-15-32)20-10-8-19(28)9-11-20/h4-11,16-17H,12-15H2,1-3H3. The molecule has 4 aromatic rings. The molecule has 35 heavy (non-hydrogen) atoms. The summed E-state index contributed by atoms with van der Waals surface area (Å²) in [5.41, 5.74) is 2.66. The summed E-state index contributed by atoms with van der Waals surface area (Å²) >= 11 is 0.